The molecule has 22 heavy (non-hydrogen) atoms. The van der Waals surface area contributed by atoms with Gasteiger partial charge in [0.25, 0.3) is 0 Å². The number of rotatable bonds is 9. The number of ether oxygens (including phenoxy) is 2. The molecular weight excluding hydrogens is 302 g/mol. The second kappa shape index (κ2) is 11.5. The highest BCUT2D eigenvalue weighted by Gasteiger charge is 2.24. The van der Waals surface area contributed by atoms with Gasteiger partial charge in [-0.15, -0.1) is 11.8 Å². The fourth-order valence-corrected chi connectivity index (χ4v) is 2.81. The zero-order valence-corrected chi connectivity index (χ0v) is 14.4. The first-order valence-corrected chi connectivity index (χ1v) is 8.75. The summed E-state index contributed by atoms with van der Waals surface area (Å²) in [6.07, 6.45) is 6.95. The van der Waals surface area contributed by atoms with E-state index in [1.807, 2.05) is 0 Å². The zero-order valence-electron chi connectivity index (χ0n) is 13.6. The standard InChI is InChI=1S/C15H27N3O3S/c1-4-5-6-9-20-10-15-21-14(11-22-15)17-8-7-13(16-3)18-12(2)19/h7-8,14-15,17H,4-6,9-11H2,1-3H3,(H,16,18,19)/b8-7-/t14-,15?/m0/s1. The van der Waals surface area contributed by atoms with Gasteiger partial charge in [-0.25, -0.2) is 0 Å². The Hall–Kier alpha value is -1.05. The van der Waals surface area contributed by atoms with Gasteiger partial charge in [-0.3, -0.25) is 4.79 Å². The monoisotopic (exact) mass is 329 g/mol. The lowest BCUT2D eigenvalue weighted by molar-refractivity contribution is -0.115. The van der Waals surface area contributed by atoms with Crippen molar-refractivity contribution in [2.75, 3.05) is 26.0 Å². The number of nitrogens with zero attached hydrogens (tertiary/aromatic N) is 1. The van der Waals surface area contributed by atoms with E-state index in [0.29, 0.717) is 12.4 Å². The predicted molar refractivity (Wildman–Crippen MR) is 90.9 cm³/mol. The van der Waals surface area contributed by atoms with E-state index < -0.39 is 0 Å². The highest BCUT2D eigenvalue weighted by atomic mass is 32.2. The number of amidine groups is 1. The molecule has 1 fully saturated rings. The van der Waals surface area contributed by atoms with Crippen molar-refractivity contribution in [3.8, 4) is 0 Å². The first kappa shape index (κ1) is 19.0. The molecule has 0 saturated carbocycles. The first-order chi connectivity index (χ1) is 10.7. The Bertz CT molecular complexity index is 388. The molecule has 2 N–H and O–H groups in total. The van der Waals surface area contributed by atoms with Crippen LogP contribution in [0.5, 0.6) is 0 Å². The third-order valence-electron chi connectivity index (χ3n) is 2.95. The van der Waals surface area contributed by atoms with Crippen molar-refractivity contribution < 1.29 is 14.3 Å². The number of thioether (sulfide) groups is 1. The Balaban J connectivity index is 2.19. The van der Waals surface area contributed by atoms with Crippen LogP contribution in [0.4, 0.5) is 0 Å². The normalized spacial score (nSPS) is 22.2. The number of carbonyl (C=O) groups excluding carboxylic acids is 1. The SMILES string of the molecule is CCCCCOCC1O[C@H](N/C=C\C(=N/C(C)=O)NC)CS1. The second-order valence-electron chi connectivity index (χ2n) is 4.94. The molecule has 0 bridgehead atoms. The van der Waals surface area contributed by atoms with E-state index in [9.17, 15) is 4.79 Å². The van der Waals surface area contributed by atoms with E-state index in [2.05, 4.69) is 22.5 Å². The van der Waals surface area contributed by atoms with Crippen molar-refractivity contribution in [2.45, 2.75) is 44.8 Å². The van der Waals surface area contributed by atoms with Crippen LogP contribution in [0.2, 0.25) is 0 Å². The minimum atomic E-state index is -0.234. The van der Waals surface area contributed by atoms with E-state index in [-0.39, 0.29) is 17.6 Å². The molecule has 1 amide bonds. The van der Waals surface area contributed by atoms with E-state index in [4.69, 9.17) is 9.47 Å². The smallest absolute Gasteiger partial charge is 0.244 e. The zero-order chi connectivity index (χ0) is 16.2. The fraction of sp³-hybridized carbons (Fsp3) is 0.733. The van der Waals surface area contributed by atoms with Gasteiger partial charge in [-0.05, 0) is 12.5 Å². The van der Waals surface area contributed by atoms with E-state index in [0.717, 1.165) is 18.8 Å². The van der Waals surface area contributed by atoms with Gasteiger partial charge in [-0.2, -0.15) is 4.99 Å². The van der Waals surface area contributed by atoms with E-state index in [1.54, 1.807) is 31.1 Å². The summed E-state index contributed by atoms with van der Waals surface area (Å²) in [7, 11) is 1.72. The molecule has 0 spiro atoms. The van der Waals surface area contributed by atoms with Crippen molar-refractivity contribution in [3.63, 3.8) is 0 Å². The summed E-state index contributed by atoms with van der Waals surface area (Å²) < 4.78 is 11.4. The molecule has 126 valence electrons. The highest BCUT2D eigenvalue weighted by Crippen LogP contribution is 2.24. The molecule has 0 aromatic heterocycles. The maximum atomic E-state index is 10.9. The quantitative estimate of drug-likeness (QED) is 0.382. The molecule has 2 atom stereocenters. The molecule has 0 radical (unpaired) electrons. The first-order valence-electron chi connectivity index (χ1n) is 7.70. The minimum absolute atomic E-state index is 0.0408. The van der Waals surface area contributed by atoms with Crippen LogP contribution in [-0.4, -0.2) is 49.4 Å². The average Bonchev–Trinajstić information content (AvgIpc) is 2.93. The Labute approximate surface area is 137 Å². The second-order valence-corrected chi connectivity index (χ2v) is 6.13. The van der Waals surface area contributed by atoms with Gasteiger partial charge in [-0.1, -0.05) is 19.8 Å². The van der Waals surface area contributed by atoms with Gasteiger partial charge in [0.2, 0.25) is 5.91 Å². The maximum Gasteiger partial charge on any atom is 0.244 e. The number of likely N-dealkylation sites (N-methyl/N-ethyl adjacent to an activating group) is 1. The number of unbranched alkanes of at least 4 members (excludes halogenated alkanes) is 2. The van der Waals surface area contributed by atoms with Crippen LogP contribution in [0.1, 0.15) is 33.1 Å². The van der Waals surface area contributed by atoms with Gasteiger partial charge in [0.15, 0.2) is 0 Å². The number of amides is 1. The van der Waals surface area contributed by atoms with Gasteiger partial charge >= 0.3 is 0 Å². The van der Waals surface area contributed by atoms with Crippen LogP contribution in [0.3, 0.4) is 0 Å². The Morgan fingerprint density at radius 3 is 3.00 bits per heavy atom. The van der Waals surface area contributed by atoms with Crippen LogP contribution < -0.4 is 10.6 Å². The third-order valence-corrected chi connectivity index (χ3v) is 4.07. The Morgan fingerprint density at radius 1 is 1.50 bits per heavy atom. The molecule has 1 aliphatic rings. The van der Waals surface area contributed by atoms with Gasteiger partial charge in [0.05, 0.1) is 6.61 Å². The molecule has 0 aromatic rings. The summed E-state index contributed by atoms with van der Waals surface area (Å²) in [5.74, 6) is 1.15. The van der Waals surface area contributed by atoms with Crippen molar-refractivity contribution in [1.82, 2.24) is 10.6 Å². The Kier molecular flexibility index (Phi) is 9.94. The van der Waals surface area contributed by atoms with Crippen molar-refractivity contribution in [2.24, 2.45) is 4.99 Å². The summed E-state index contributed by atoms with van der Waals surface area (Å²) in [5, 5.41) is 6.00. The largest absolute Gasteiger partial charge is 0.378 e. The third kappa shape index (κ3) is 8.41. The lowest BCUT2D eigenvalue weighted by Crippen LogP contribution is -2.28. The molecule has 0 aliphatic carbocycles. The maximum absolute atomic E-state index is 10.9. The Morgan fingerprint density at radius 2 is 2.32 bits per heavy atom. The molecule has 1 rings (SSSR count). The van der Waals surface area contributed by atoms with Crippen molar-refractivity contribution >= 4 is 23.5 Å². The molecule has 0 aromatic carbocycles. The highest BCUT2D eigenvalue weighted by molar-refractivity contribution is 8.00. The van der Waals surface area contributed by atoms with Gasteiger partial charge < -0.3 is 20.1 Å². The summed E-state index contributed by atoms with van der Waals surface area (Å²) in [5.41, 5.74) is 0.0854. The van der Waals surface area contributed by atoms with Crippen molar-refractivity contribution in [1.29, 1.82) is 0 Å². The fourth-order valence-electron chi connectivity index (χ4n) is 1.85. The van der Waals surface area contributed by atoms with Crippen LogP contribution >= 0.6 is 11.8 Å². The minimum Gasteiger partial charge on any atom is -0.378 e. The molecular formula is C15H27N3O3S. The van der Waals surface area contributed by atoms with E-state index >= 15 is 0 Å². The molecule has 1 aliphatic heterocycles. The van der Waals surface area contributed by atoms with Gasteiger partial charge in [0, 0.05) is 32.5 Å². The molecule has 6 nitrogen and oxygen atoms in total. The number of carbonyl (C=O) groups is 1. The van der Waals surface area contributed by atoms with Crippen LogP contribution in [-0.2, 0) is 14.3 Å². The molecule has 1 unspecified atom stereocenters. The number of aliphatic imine (C=N–C) groups is 1. The van der Waals surface area contributed by atoms with Crippen molar-refractivity contribution in [3.05, 3.63) is 12.3 Å². The number of hydrogen-bond donors (Lipinski definition) is 2. The lowest BCUT2D eigenvalue weighted by Gasteiger charge is -2.13. The summed E-state index contributed by atoms with van der Waals surface area (Å²) in [6, 6.07) is 0. The molecule has 1 saturated heterocycles. The summed E-state index contributed by atoms with van der Waals surface area (Å²) >= 11 is 1.75. The topological polar surface area (TPSA) is 72.0 Å². The molecule has 1 heterocycles. The lowest BCUT2D eigenvalue weighted by atomic mass is 10.3. The summed E-state index contributed by atoms with van der Waals surface area (Å²) in [6.45, 7) is 5.03. The number of nitrogens with one attached hydrogen (secondary N) is 2. The van der Waals surface area contributed by atoms with Crippen LogP contribution in [0.25, 0.3) is 0 Å². The average molecular weight is 329 g/mol. The summed E-state index contributed by atoms with van der Waals surface area (Å²) in [4.78, 5) is 14.7. The molecule has 7 heteroatoms. The predicted octanol–water partition coefficient (Wildman–Crippen LogP) is 1.88. The van der Waals surface area contributed by atoms with Gasteiger partial charge in [0.1, 0.15) is 17.5 Å². The van der Waals surface area contributed by atoms with E-state index in [1.165, 1.54) is 19.8 Å². The number of hydrogen-bond acceptors (Lipinski definition) is 5. The van der Waals surface area contributed by atoms with Crippen LogP contribution in [0, 0.1) is 0 Å². The van der Waals surface area contributed by atoms with Crippen LogP contribution in [0.15, 0.2) is 17.3 Å².